The molecule has 2 N–H and O–H groups in total. The number of aryl methyl sites for hydroxylation is 2. The second-order valence-corrected chi connectivity index (χ2v) is 12.2. The van der Waals surface area contributed by atoms with Crippen LogP contribution in [0.15, 0.2) is 47.8 Å². The van der Waals surface area contributed by atoms with Gasteiger partial charge in [-0.1, -0.05) is 32.0 Å². The molecule has 4 aromatic rings. The molecule has 0 saturated heterocycles. The number of nitrogens with one attached hydrogen (secondary N) is 1. The molecule has 0 aliphatic rings. The zero-order valence-corrected chi connectivity index (χ0v) is 26.6. The highest BCUT2D eigenvalue weighted by molar-refractivity contribution is 5.82. The van der Waals surface area contributed by atoms with E-state index in [4.69, 9.17) is 4.98 Å². The second-order valence-electron chi connectivity index (χ2n) is 12.2. The minimum Gasteiger partial charge on any atom is -0.481 e. The van der Waals surface area contributed by atoms with Crippen molar-refractivity contribution in [2.24, 2.45) is 5.92 Å². The van der Waals surface area contributed by atoms with Gasteiger partial charge in [-0.15, -0.1) is 10.2 Å². The van der Waals surface area contributed by atoms with Gasteiger partial charge in [-0.05, 0) is 63.4 Å². The molecule has 0 bridgehead atoms. The first-order chi connectivity index (χ1) is 21.6. The summed E-state index contributed by atoms with van der Waals surface area (Å²) < 4.78 is 44.4. The lowest BCUT2D eigenvalue weighted by atomic mass is 9.99. The number of hydrogen-bond acceptors (Lipinski definition) is 7. The summed E-state index contributed by atoms with van der Waals surface area (Å²) in [5.74, 6) is -2.13. The maximum Gasteiger partial charge on any atom is 0.416 e. The van der Waals surface area contributed by atoms with Gasteiger partial charge in [-0.3, -0.25) is 18.8 Å². The van der Waals surface area contributed by atoms with Crippen molar-refractivity contribution < 1.29 is 27.9 Å². The highest BCUT2D eigenvalue weighted by Gasteiger charge is 2.36. The number of aromatic nitrogens is 5. The normalized spacial score (nSPS) is 13.4. The number of halogens is 3. The third-order valence-electron chi connectivity index (χ3n) is 7.70. The van der Waals surface area contributed by atoms with E-state index in [1.165, 1.54) is 6.33 Å². The fourth-order valence-corrected chi connectivity index (χ4v) is 5.53. The summed E-state index contributed by atoms with van der Waals surface area (Å²) in [6.45, 7) is 7.74. The molecule has 3 heterocycles. The van der Waals surface area contributed by atoms with E-state index in [2.05, 4.69) is 15.5 Å². The lowest BCUT2D eigenvalue weighted by molar-refractivity contribution is -0.139. The highest BCUT2D eigenvalue weighted by atomic mass is 19.4. The van der Waals surface area contributed by atoms with Gasteiger partial charge in [0.2, 0.25) is 5.91 Å². The molecule has 4 rings (SSSR count). The van der Waals surface area contributed by atoms with Crippen molar-refractivity contribution >= 4 is 17.5 Å². The number of carboxylic acid groups (broad SMARTS) is 1. The molecule has 0 aliphatic carbocycles. The number of benzene rings is 1. The van der Waals surface area contributed by atoms with E-state index in [1.54, 1.807) is 29.6 Å². The van der Waals surface area contributed by atoms with Gasteiger partial charge in [-0.2, -0.15) is 13.2 Å². The molecule has 46 heavy (non-hydrogen) atoms. The molecule has 0 aliphatic heterocycles. The van der Waals surface area contributed by atoms with Crippen LogP contribution in [0.1, 0.15) is 66.7 Å². The Bertz CT molecular complexity index is 1780. The zero-order valence-electron chi connectivity index (χ0n) is 26.6. The van der Waals surface area contributed by atoms with E-state index in [1.807, 2.05) is 45.9 Å². The molecule has 1 aromatic carbocycles. The van der Waals surface area contributed by atoms with E-state index in [0.29, 0.717) is 11.8 Å². The first-order valence-electron chi connectivity index (χ1n) is 14.8. The van der Waals surface area contributed by atoms with Crippen molar-refractivity contribution in [2.75, 3.05) is 20.6 Å². The van der Waals surface area contributed by atoms with E-state index in [9.17, 15) is 32.7 Å². The quantitative estimate of drug-likeness (QED) is 0.229. The summed E-state index contributed by atoms with van der Waals surface area (Å²) in [6, 6.07) is 3.82. The van der Waals surface area contributed by atoms with Gasteiger partial charge in [-0.25, -0.2) is 4.98 Å². The van der Waals surface area contributed by atoms with E-state index < -0.39 is 47.7 Å². The average molecular weight is 642 g/mol. The van der Waals surface area contributed by atoms with Crippen LogP contribution in [0.5, 0.6) is 0 Å². The average Bonchev–Trinajstić information content (AvgIpc) is 3.42. The molecule has 246 valence electrons. The zero-order chi connectivity index (χ0) is 33.9. The Morgan fingerprint density at radius 1 is 1.11 bits per heavy atom. The Hall–Kier alpha value is -4.59. The molecule has 0 unspecified atom stereocenters. The minimum atomic E-state index is -4.77. The Balaban J connectivity index is 1.82. The molecule has 0 fully saturated rings. The van der Waals surface area contributed by atoms with E-state index >= 15 is 0 Å². The molecule has 0 saturated carbocycles. The molecule has 3 aromatic heterocycles. The van der Waals surface area contributed by atoms with Crippen LogP contribution in [0.2, 0.25) is 0 Å². The summed E-state index contributed by atoms with van der Waals surface area (Å²) in [4.78, 5) is 45.8. The van der Waals surface area contributed by atoms with Crippen molar-refractivity contribution in [1.82, 2.24) is 34.4 Å². The standard InChI is InChI=1S/C32H38F3N7O4/c1-18(2)12-25(42-15-21(10-11-40(5)6)22(13-26(42)43)32(33,34)35)31(46)38-23(14-27(44)45)29-30-39-36-17-41(30)16-24(37-29)28-19(3)8-7-9-20(28)4/h7-9,13,15-18,23,25H,10-12,14H2,1-6H3,(H,38,46)(H,44,45)/t23-,25+/m0/s1. The van der Waals surface area contributed by atoms with Crippen LogP contribution in [-0.4, -0.2) is 66.7 Å². The Kier molecular flexibility index (Phi) is 10.3. The molecule has 1 amide bonds. The van der Waals surface area contributed by atoms with Gasteiger partial charge in [0, 0.05) is 30.6 Å². The minimum absolute atomic E-state index is 0.0142. The van der Waals surface area contributed by atoms with Gasteiger partial charge < -0.3 is 19.9 Å². The van der Waals surface area contributed by atoms with Gasteiger partial charge in [0.25, 0.3) is 5.56 Å². The molecular formula is C32H38F3N7O4. The first-order valence-corrected chi connectivity index (χ1v) is 14.8. The molecule has 0 radical (unpaired) electrons. The van der Waals surface area contributed by atoms with Gasteiger partial charge in [0.1, 0.15) is 18.1 Å². The number of amides is 1. The number of nitrogens with zero attached hydrogens (tertiary/aromatic N) is 6. The van der Waals surface area contributed by atoms with Gasteiger partial charge >= 0.3 is 12.1 Å². The van der Waals surface area contributed by atoms with Gasteiger partial charge in [0.15, 0.2) is 5.65 Å². The van der Waals surface area contributed by atoms with Crippen LogP contribution >= 0.6 is 0 Å². The van der Waals surface area contributed by atoms with Crippen molar-refractivity contribution in [3.8, 4) is 11.3 Å². The number of aliphatic carboxylic acids is 1. The smallest absolute Gasteiger partial charge is 0.416 e. The summed E-state index contributed by atoms with van der Waals surface area (Å²) in [5.41, 5.74) is 1.36. The van der Waals surface area contributed by atoms with Crippen LogP contribution in [0.4, 0.5) is 13.2 Å². The van der Waals surface area contributed by atoms with Crippen molar-refractivity contribution in [1.29, 1.82) is 0 Å². The van der Waals surface area contributed by atoms with E-state index in [0.717, 1.165) is 27.5 Å². The van der Waals surface area contributed by atoms with E-state index in [-0.39, 0.29) is 42.2 Å². The number of carbonyl (C=O) groups is 2. The third-order valence-corrected chi connectivity index (χ3v) is 7.70. The number of alkyl halides is 3. The van der Waals surface area contributed by atoms with Crippen LogP contribution < -0.4 is 10.9 Å². The number of rotatable bonds is 12. The summed E-state index contributed by atoms with van der Waals surface area (Å²) >= 11 is 0. The first kappa shape index (κ1) is 34.3. The maximum absolute atomic E-state index is 14.0. The highest BCUT2D eigenvalue weighted by Crippen LogP contribution is 2.33. The second kappa shape index (κ2) is 13.8. The predicted molar refractivity (Wildman–Crippen MR) is 165 cm³/mol. The largest absolute Gasteiger partial charge is 0.481 e. The fraction of sp³-hybridized carbons (Fsp3) is 0.438. The maximum atomic E-state index is 14.0. The summed E-state index contributed by atoms with van der Waals surface area (Å²) in [5, 5.41) is 20.7. The molecule has 2 atom stereocenters. The number of pyridine rings is 1. The summed E-state index contributed by atoms with van der Waals surface area (Å²) in [7, 11) is 3.44. The SMILES string of the molecule is Cc1cccc(C)c1-c1cn2cnnc2c([C@H](CC(=O)O)NC(=O)[C@@H](CC(C)C)n2cc(CCN(C)C)c(C(F)(F)F)cc2=O)n1. The van der Waals surface area contributed by atoms with Crippen LogP contribution in [-0.2, 0) is 22.2 Å². The monoisotopic (exact) mass is 641 g/mol. The lowest BCUT2D eigenvalue weighted by Gasteiger charge is -2.26. The fourth-order valence-electron chi connectivity index (χ4n) is 5.53. The number of carboxylic acids is 1. The summed E-state index contributed by atoms with van der Waals surface area (Å²) in [6.07, 6.45) is -1.01. The molecule has 0 spiro atoms. The van der Waals surface area contributed by atoms with Gasteiger partial charge in [0.05, 0.1) is 23.7 Å². The Morgan fingerprint density at radius 3 is 2.37 bits per heavy atom. The van der Waals surface area contributed by atoms with Crippen LogP contribution in [0, 0.1) is 19.8 Å². The van der Waals surface area contributed by atoms with Crippen molar-refractivity contribution in [2.45, 2.75) is 65.2 Å². The number of carbonyl (C=O) groups excluding carboxylic acids is 1. The lowest BCUT2D eigenvalue weighted by Crippen LogP contribution is -2.41. The molecule has 14 heteroatoms. The topological polar surface area (TPSA) is 135 Å². The van der Waals surface area contributed by atoms with Crippen LogP contribution in [0.3, 0.4) is 0 Å². The number of fused-ring (bicyclic) bond motifs is 1. The predicted octanol–water partition coefficient (Wildman–Crippen LogP) is 4.61. The Morgan fingerprint density at radius 2 is 1.78 bits per heavy atom. The third kappa shape index (κ3) is 7.79. The van der Waals surface area contributed by atoms with Crippen LogP contribution in [0.25, 0.3) is 16.9 Å². The molecular weight excluding hydrogens is 603 g/mol. The van der Waals surface area contributed by atoms with Crippen molar-refractivity contribution in [3.63, 3.8) is 0 Å². The Labute approximate surface area is 264 Å². The number of likely N-dealkylation sites (N-methyl/N-ethyl adjacent to an activating group) is 1. The number of hydrogen-bond donors (Lipinski definition) is 2. The van der Waals surface area contributed by atoms with Crippen molar-refractivity contribution in [3.05, 3.63) is 81.3 Å². The molecule has 11 nitrogen and oxygen atoms in total.